The van der Waals surface area contributed by atoms with Crippen LogP contribution in [0.3, 0.4) is 0 Å². The average molecular weight is 244 g/mol. The minimum atomic E-state index is -3.28. The molecule has 0 saturated heterocycles. The fourth-order valence-electron chi connectivity index (χ4n) is 1.36. The fourth-order valence-corrected chi connectivity index (χ4v) is 2.28. The van der Waals surface area contributed by atoms with Crippen LogP contribution in [0.5, 0.6) is 0 Å². The molecule has 1 saturated carbocycles. The van der Waals surface area contributed by atoms with Crippen LogP contribution in [0.4, 0.5) is 5.82 Å². The number of aromatic nitrogens is 2. The molecule has 0 unspecified atom stereocenters. The van der Waals surface area contributed by atoms with Gasteiger partial charge in [0.1, 0.15) is 0 Å². The maximum absolute atomic E-state index is 11.6. The molecule has 0 bridgehead atoms. The van der Waals surface area contributed by atoms with Crippen LogP contribution in [0.25, 0.3) is 0 Å². The summed E-state index contributed by atoms with van der Waals surface area (Å²) in [5.41, 5.74) is 0. The second-order valence-electron chi connectivity index (χ2n) is 4.02. The summed E-state index contributed by atoms with van der Waals surface area (Å²) in [6, 6.07) is 2.16. The molecule has 2 N–H and O–H groups in total. The molecule has 0 aromatic carbocycles. The first-order chi connectivity index (χ1) is 7.55. The standard InChI is InChI=1S/C9H16N4O2S/c1-13-6-4-9(11-13)12-16(14,15)7-5-10-8-2-3-8/h4,6,8,10H,2-3,5,7H2,1H3,(H,11,12). The Labute approximate surface area is 95.1 Å². The Morgan fingerprint density at radius 2 is 2.31 bits per heavy atom. The van der Waals surface area contributed by atoms with E-state index in [1.165, 1.54) is 0 Å². The molecular formula is C9H16N4O2S. The zero-order valence-electron chi connectivity index (χ0n) is 9.18. The third kappa shape index (κ3) is 3.49. The van der Waals surface area contributed by atoms with Gasteiger partial charge in [-0.1, -0.05) is 0 Å². The molecule has 1 heterocycles. The summed E-state index contributed by atoms with van der Waals surface area (Å²) in [7, 11) is -1.54. The molecule has 0 atom stereocenters. The second-order valence-corrected chi connectivity index (χ2v) is 5.87. The Hall–Kier alpha value is -1.08. The van der Waals surface area contributed by atoms with Crippen LogP contribution in [0.1, 0.15) is 12.8 Å². The van der Waals surface area contributed by atoms with Crippen molar-refractivity contribution in [3.05, 3.63) is 12.3 Å². The summed E-state index contributed by atoms with van der Waals surface area (Å²) in [5.74, 6) is 0.453. The molecule has 16 heavy (non-hydrogen) atoms. The van der Waals surface area contributed by atoms with E-state index < -0.39 is 10.0 Å². The van der Waals surface area contributed by atoms with Crippen LogP contribution in [0.15, 0.2) is 12.3 Å². The number of hydrogen-bond donors (Lipinski definition) is 2. The van der Waals surface area contributed by atoms with Gasteiger partial charge in [0.15, 0.2) is 5.82 Å². The highest BCUT2D eigenvalue weighted by molar-refractivity contribution is 7.92. The molecule has 2 rings (SSSR count). The highest BCUT2D eigenvalue weighted by Gasteiger charge is 2.21. The Morgan fingerprint density at radius 1 is 1.56 bits per heavy atom. The van der Waals surface area contributed by atoms with Gasteiger partial charge in [-0.2, -0.15) is 5.10 Å². The summed E-state index contributed by atoms with van der Waals surface area (Å²) in [4.78, 5) is 0. The highest BCUT2D eigenvalue weighted by atomic mass is 32.2. The first-order valence-corrected chi connectivity index (χ1v) is 6.94. The van der Waals surface area contributed by atoms with Gasteiger partial charge in [-0.05, 0) is 12.8 Å². The summed E-state index contributed by atoms with van der Waals surface area (Å²) in [6.07, 6.45) is 4.02. The van der Waals surface area contributed by atoms with Crippen LogP contribution >= 0.6 is 0 Å². The monoisotopic (exact) mass is 244 g/mol. The van der Waals surface area contributed by atoms with Gasteiger partial charge in [-0.15, -0.1) is 0 Å². The summed E-state index contributed by atoms with van der Waals surface area (Å²) >= 11 is 0. The number of sulfonamides is 1. The van der Waals surface area contributed by atoms with E-state index in [0.29, 0.717) is 18.4 Å². The van der Waals surface area contributed by atoms with Gasteiger partial charge < -0.3 is 5.32 Å². The molecular weight excluding hydrogens is 228 g/mol. The molecule has 0 radical (unpaired) electrons. The van der Waals surface area contributed by atoms with Gasteiger partial charge in [-0.3, -0.25) is 9.40 Å². The maximum atomic E-state index is 11.6. The number of nitrogens with one attached hydrogen (secondary N) is 2. The van der Waals surface area contributed by atoms with E-state index in [1.54, 1.807) is 24.0 Å². The average Bonchev–Trinajstić information content (AvgIpc) is 2.90. The van der Waals surface area contributed by atoms with Crippen molar-refractivity contribution in [1.82, 2.24) is 15.1 Å². The first kappa shape index (κ1) is 11.4. The van der Waals surface area contributed by atoms with Crippen molar-refractivity contribution in [2.45, 2.75) is 18.9 Å². The van der Waals surface area contributed by atoms with Gasteiger partial charge in [0.05, 0.1) is 5.75 Å². The van der Waals surface area contributed by atoms with Crippen LogP contribution in [-0.2, 0) is 17.1 Å². The lowest BCUT2D eigenvalue weighted by molar-refractivity contribution is 0.595. The van der Waals surface area contributed by atoms with E-state index in [9.17, 15) is 8.42 Å². The molecule has 7 heteroatoms. The van der Waals surface area contributed by atoms with Crippen LogP contribution in [-0.4, -0.2) is 36.5 Å². The van der Waals surface area contributed by atoms with E-state index in [-0.39, 0.29) is 5.75 Å². The zero-order chi connectivity index (χ0) is 11.6. The second kappa shape index (κ2) is 4.42. The first-order valence-electron chi connectivity index (χ1n) is 5.29. The Kier molecular flexibility index (Phi) is 3.15. The van der Waals surface area contributed by atoms with Crippen molar-refractivity contribution < 1.29 is 8.42 Å². The van der Waals surface area contributed by atoms with Gasteiger partial charge in [0.2, 0.25) is 10.0 Å². The molecule has 1 aromatic heterocycles. The minimum absolute atomic E-state index is 0.0834. The van der Waals surface area contributed by atoms with Crippen LogP contribution < -0.4 is 10.0 Å². The predicted octanol–water partition coefficient (Wildman–Crippen LogP) is -0.0862. The molecule has 0 aliphatic heterocycles. The number of rotatable bonds is 6. The Balaban J connectivity index is 1.81. The van der Waals surface area contributed by atoms with Crippen molar-refractivity contribution in [3.8, 4) is 0 Å². The molecule has 1 aromatic rings. The number of nitrogens with zero attached hydrogens (tertiary/aromatic N) is 2. The number of aryl methyl sites for hydroxylation is 1. The van der Waals surface area contributed by atoms with Crippen molar-refractivity contribution in [1.29, 1.82) is 0 Å². The van der Waals surface area contributed by atoms with Crippen molar-refractivity contribution in [3.63, 3.8) is 0 Å². The van der Waals surface area contributed by atoms with Crippen molar-refractivity contribution in [2.24, 2.45) is 7.05 Å². The zero-order valence-corrected chi connectivity index (χ0v) is 10.00. The van der Waals surface area contributed by atoms with Crippen molar-refractivity contribution >= 4 is 15.8 Å². The third-order valence-electron chi connectivity index (χ3n) is 2.35. The molecule has 90 valence electrons. The molecule has 6 nitrogen and oxygen atoms in total. The van der Waals surface area contributed by atoms with Crippen LogP contribution in [0, 0.1) is 0 Å². The van der Waals surface area contributed by atoms with Gasteiger partial charge in [-0.25, -0.2) is 8.42 Å². The number of anilines is 1. The molecule has 1 aliphatic rings. The smallest absolute Gasteiger partial charge is 0.235 e. The minimum Gasteiger partial charge on any atom is -0.313 e. The van der Waals surface area contributed by atoms with E-state index >= 15 is 0 Å². The number of hydrogen-bond acceptors (Lipinski definition) is 4. The molecule has 1 fully saturated rings. The lowest BCUT2D eigenvalue weighted by atomic mass is 10.6. The largest absolute Gasteiger partial charge is 0.313 e. The lowest BCUT2D eigenvalue weighted by Gasteiger charge is -2.05. The quantitative estimate of drug-likeness (QED) is 0.733. The predicted molar refractivity (Wildman–Crippen MR) is 61.6 cm³/mol. The lowest BCUT2D eigenvalue weighted by Crippen LogP contribution is -2.28. The SMILES string of the molecule is Cn1ccc(NS(=O)(=O)CCNC2CC2)n1. The molecule has 1 aliphatic carbocycles. The Morgan fingerprint density at radius 3 is 2.88 bits per heavy atom. The Bertz CT molecular complexity index is 450. The van der Waals surface area contributed by atoms with E-state index in [1.807, 2.05) is 0 Å². The van der Waals surface area contributed by atoms with Gasteiger partial charge in [0.25, 0.3) is 0 Å². The summed E-state index contributed by atoms with van der Waals surface area (Å²) in [5, 5.41) is 7.12. The summed E-state index contributed by atoms with van der Waals surface area (Å²) < 4.78 is 27.2. The van der Waals surface area contributed by atoms with Gasteiger partial charge in [0, 0.05) is 31.9 Å². The van der Waals surface area contributed by atoms with Gasteiger partial charge >= 0.3 is 0 Å². The molecule has 0 spiro atoms. The van der Waals surface area contributed by atoms with E-state index in [2.05, 4.69) is 15.1 Å². The fraction of sp³-hybridized carbons (Fsp3) is 0.667. The third-order valence-corrected chi connectivity index (χ3v) is 3.62. The maximum Gasteiger partial charge on any atom is 0.235 e. The van der Waals surface area contributed by atoms with Crippen molar-refractivity contribution in [2.75, 3.05) is 17.0 Å². The van der Waals surface area contributed by atoms with E-state index in [0.717, 1.165) is 12.8 Å². The topological polar surface area (TPSA) is 76.0 Å². The highest BCUT2D eigenvalue weighted by Crippen LogP contribution is 2.18. The molecule has 0 amide bonds. The van der Waals surface area contributed by atoms with Crippen LogP contribution in [0.2, 0.25) is 0 Å². The normalized spacial score (nSPS) is 16.3. The summed E-state index contributed by atoms with van der Waals surface area (Å²) in [6.45, 7) is 0.493. The van der Waals surface area contributed by atoms with E-state index in [4.69, 9.17) is 0 Å².